The maximum atomic E-state index is 12.5. The molecule has 1 amide bonds. The van der Waals surface area contributed by atoms with Gasteiger partial charge in [-0.05, 0) is 12.8 Å². The van der Waals surface area contributed by atoms with E-state index in [0.717, 1.165) is 9.13 Å². The van der Waals surface area contributed by atoms with Crippen LogP contribution in [0, 0.1) is 17.2 Å². The van der Waals surface area contributed by atoms with Crippen LogP contribution in [0.25, 0.3) is 0 Å². The Morgan fingerprint density at radius 2 is 1.54 bits per heavy atom. The van der Waals surface area contributed by atoms with Crippen molar-refractivity contribution < 1.29 is 4.79 Å². The number of nitrogens with zero attached hydrogens (tertiary/aromatic N) is 4. The second kappa shape index (κ2) is 8.29. The third kappa shape index (κ3) is 4.08. The first-order valence-corrected chi connectivity index (χ1v) is 8.01. The molecule has 0 radical (unpaired) electrons. The lowest BCUT2D eigenvalue weighted by molar-refractivity contribution is -0.123. The molecule has 0 fully saturated rings. The fourth-order valence-corrected chi connectivity index (χ4v) is 2.16. The highest BCUT2D eigenvalue weighted by Crippen LogP contribution is 2.14. The van der Waals surface area contributed by atoms with Gasteiger partial charge in [-0.1, -0.05) is 26.0 Å². The first kappa shape index (κ1) is 20.9. The van der Waals surface area contributed by atoms with Crippen molar-refractivity contribution in [3.8, 4) is 6.07 Å². The lowest BCUT2D eigenvalue weighted by Crippen LogP contribution is -2.57. The topological polar surface area (TPSA) is 119 Å². The normalized spacial score (nSPS) is 12.9. The average molecular weight is 361 g/mol. The van der Waals surface area contributed by atoms with Crippen LogP contribution in [0.3, 0.4) is 0 Å². The molecule has 9 nitrogen and oxygen atoms in total. The summed E-state index contributed by atoms with van der Waals surface area (Å²) in [7, 11) is 0. The first-order chi connectivity index (χ1) is 12.1. The second-order valence-corrected chi connectivity index (χ2v) is 6.25. The van der Waals surface area contributed by atoms with E-state index in [4.69, 9.17) is 0 Å². The molecule has 0 saturated carbocycles. The third-order valence-corrected chi connectivity index (χ3v) is 4.10. The summed E-state index contributed by atoms with van der Waals surface area (Å²) >= 11 is 0. The highest BCUT2D eigenvalue weighted by molar-refractivity contribution is 5.77. The van der Waals surface area contributed by atoms with Crippen molar-refractivity contribution in [3.63, 3.8) is 0 Å². The van der Waals surface area contributed by atoms with Gasteiger partial charge in [0.1, 0.15) is 12.1 Å². The maximum absolute atomic E-state index is 12.5. The number of hydrogen-bond donors (Lipinski definition) is 1. The average Bonchev–Trinajstić information content (AvgIpc) is 2.59. The summed E-state index contributed by atoms with van der Waals surface area (Å²) in [6, 6.07) is 2.01. The Labute approximate surface area is 150 Å². The van der Waals surface area contributed by atoms with E-state index in [0.29, 0.717) is 4.57 Å². The van der Waals surface area contributed by atoms with Crippen LogP contribution in [-0.4, -0.2) is 25.1 Å². The molecular weight excluding hydrogens is 338 g/mol. The number of carbonyl (C=O) groups excluding carboxylic acids is 1. The molecule has 1 unspecified atom stereocenters. The smallest absolute Gasteiger partial charge is 0.336 e. The zero-order valence-corrected chi connectivity index (χ0v) is 15.2. The molecule has 0 aliphatic rings. The van der Waals surface area contributed by atoms with Gasteiger partial charge < -0.3 is 5.32 Å². The molecule has 0 bridgehead atoms. The van der Waals surface area contributed by atoms with Crippen molar-refractivity contribution in [3.05, 3.63) is 56.8 Å². The van der Waals surface area contributed by atoms with Crippen LogP contribution < -0.4 is 22.4 Å². The molecule has 0 spiro atoms. The van der Waals surface area contributed by atoms with Gasteiger partial charge in [0, 0.05) is 0 Å². The van der Waals surface area contributed by atoms with E-state index in [1.54, 1.807) is 20.8 Å². The fraction of sp³-hybridized carbons (Fsp3) is 0.471. The molecule has 1 rings (SSSR count). The molecule has 1 aromatic rings. The summed E-state index contributed by atoms with van der Waals surface area (Å²) in [6.45, 7) is 11.2. The van der Waals surface area contributed by atoms with Crippen molar-refractivity contribution in [2.75, 3.05) is 0 Å². The Hall–Kier alpha value is -3.15. The molecular formula is C17H23N5O4. The van der Waals surface area contributed by atoms with Gasteiger partial charge in [0.05, 0.1) is 19.2 Å². The van der Waals surface area contributed by atoms with Crippen LogP contribution in [0.5, 0.6) is 0 Å². The minimum Gasteiger partial charge on any atom is -0.336 e. The molecule has 0 saturated heterocycles. The molecule has 1 aromatic heterocycles. The molecule has 26 heavy (non-hydrogen) atoms. The van der Waals surface area contributed by atoms with E-state index >= 15 is 0 Å². The van der Waals surface area contributed by atoms with E-state index in [1.165, 1.54) is 12.2 Å². The molecule has 1 heterocycles. The van der Waals surface area contributed by atoms with Gasteiger partial charge in [-0.15, -0.1) is 13.2 Å². The molecule has 9 heteroatoms. The van der Waals surface area contributed by atoms with E-state index < -0.39 is 35.1 Å². The second-order valence-electron chi connectivity index (χ2n) is 6.25. The van der Waals surface area contributed by atoms with E-state index in [-0.39, 0.29) is 19.0 Å². The highest BCUT2D eigenvalue weighted by atomic mass is 16.2. The van der Waals surface area contributed by atoms with Gasteiger partial charge >= 0.3 is 17.1 Å². The van der Waals surface area contributed by atoms with Crippen LogP contribution in [0.15, 0.2) is 39.7 Å². The zero-order valence-electron chi connectivity index (χ0n) is 15.2. The lowest BCUT2D eigenvalue weighted by atomic mass is 9.90. The largest absolute Gasteiger partial charge is 0.337 e. The van der Waals surface area contributed by atoms with E-state index in [9.17, 15) is 24.4 Å². The Morgan fingerprint density at radius 3 is 1.88 bits per heavy atom. The monoisotopic (exact) mass is 361 g/mol. The van der Waals surface area contributed by atoms with Crippen LogP contribution in [0.2, 0.25) is 0 Å². The molecule has 0 aliphatic carbocycles. The fourth-order valence-electron chi connectivity index (χ4n) is 2.16. The van der Waals surface area contributed by atoms with Gasteiger partial charge in [-0.2, -0.15) is 5.26 Å². The minimum atomic E-state index is -1.16. The molecule has 140 valence electrons. The number of carbonyl (C=O) groups is 1. The standard InChI is InChI=1S/C17H23N5O4/c1-6-8-20-14(24)21(9-7-2)16(26)22(15(20)25)10-13(23)19-17(5,11-18)12(3)4/h6-7,12H,1-2,8-10H2,3-5H3,(H,19,23). The summed E-state index contributed by atoms with van der Waals surface area (Å²) in [5, 5.41) is 11.8. The van der Waals surface area contributed by atoms with Crippen LogP contribution in [-0.2, 0) is 24.4 Å². The molecule has 1 atom stereocenters. The summed E-state index contributed by atoms with van der Waals surface area (Å²) in [5.74, 6) is -0.878. The number of nitrogens with one attached hydrogen (secondary N) is 1. The van der Waals surface area contributed by atoms with Crippen molar-refractivity contribution in [2.24, 2.45) is 5.92 Å². The van der Waals surface area contributed by atoms with Crippen molar-refractivity contribution in [1.29, 1.82) is 5.26 Å². The molecule has 0 aliphatic heterocycles. The minimum absolute atomic E-state index is 0.112. The van der Waals surface area contributed by atoms with Gasteiger partial charge in [-0.3, -0.25) is 4.79 Å². The number of amides is 1. The Bertz CT molecular complexity index is 880. The van der Waals surface area contributed by atoms with Crippen LogP contribution in [0.1, 0.15) is 20.8 Å². The number of aromatic nitrogens is 3. The maximum Gasteiger partial charge on any atom is 0.337 e. The first-order valence-electron chi connectivity index (χ1n) is 8.01. The third-order valence-electron chi connectivity index (χ3n) is 4.10. The number of nitriles is 1. The van der Waals surface area contributed by atoms with Crippen molar-refractivity contribution in [2.45, 2.75) is 45.9 Å². The SMILES string of the molecule is C=CCn1c(=O)n(CC=C)c(=O)n(CC(=O)NC(C)(C#N)C(C)C)c1=O. The molecule has 1 N–H and O–H groups in total. The molecule has 0 aromatic carbocycles. The van der Waals surface area contributed by atoms with Gasteiger partial charge in [-0.25, -0.2) is 28.1 Å². The quantitative estimate of drug-likeness (QED) is 0.632. The predicted molar refractivity (Wildman–Crippen MR) is 96.6 cm³/mol. The Balaban J connectivity index is 3.43. The lowest BCUT2D eigenvalue weighted by Gasteiger charge is -2.27. The van der Waals surface area contributed by atoms with E-state index in [1.807, 2.05) is 6.07 Å². The zero-order chi connectivity index (χ0) is 20.1. The number of hydrogen-bond acceptors (Lipinski definition) is 5. The van der Waals surface area contributed by atoms with Gasteiger partial charge in [0.2, 0.25) is 5.91 Å². The summed E-state index contributed by atoms with van der Waals surface area (Å²) in [5.41, 5.74) is -3.80. The predicted octanol–water partition coefficient (Wildman–Crippen LogP) is -0.402. The van der Waals surface area contributed by atoms with Gasteiger partial charge in [0.25, 0.3) is 0 Å². The summed E-state index contributed by atoms with van der Waals surface area (Å²) < 4.78 is 2.26. The van der Waals surface area contributed by atoms with Crippen LogP contribution >= 0.6 is 0 Å². The number of allylic oxidation sites excluding steroid dienone is 2. The van der Waals surface area contributed by atoms with Gasteiger partial charge in [0.15, 0.2) is 0 Å². The Morgan fingerprint density at radius 1 is 1.12 bits per heavy atom. The van der Waals surface area contributed by atoms with Crippen molar-refractivity contribution >= 4 is 5.91 Å². The Kier molecular flexibility index (Phi) is 6.66. The highest BCUT2D eigenvalue weighted by Gasteiger charge is 2.30. The van der Waals surface area contributed by atoms with Crippen LogP contribution in [0.4, 0.5) is 0 Å². The van der Waals surface area contributed by atoms with E-state index in [2.05, 4.69) is 18.5 Å². The summed E-state index contributed by atoms with van der Waals surface area (Å²) in [6.07, 6.45) is 2.67. The number of rotatable bonds is 8. The van der Waals surface area contributed by atoms with Crippen molar-refractivity contribution in [1.82, 2.24) is 19.0 Å². The summed E-state index contributed by atoms with van der Waals surface area (Å²) in [4.78, 5) is 49.5.